The third-order valence-corrected chi connectivity index (χ3v) is 3.91. The van der Waals surface area contributed by atoms with E-state index in [1.807, 2.05) is 24.3 Å². The van der Waals surface area contributed by atoms with Crippen molar-refractivity contribution in [1.29, 1.82) is 0 Å². The number of hydrogen-bond donors (Lipinski definition) is 3. The summed E-state index contributed by atoms with van der Waals surface area (Å²) in [5.41, 5.74) is 1.89. The predicted molar refractivity (Wildman–Crippen MR) is 97.1 cm³/mol. The normalized spacial score (nSPS) is 12.4. The highest BCUT2D eigenvalue weighted by molar-refractivity contribution is 9.10. The molecule has 2 aromatic rings. The van der Waals surface area contributed by atoms with Gasteiger partial charge in [-0.2, -0.15) is 0 Å². The number of carbonyl (C=O) groups is 2. The first-order chi connectivity index (χ1) is 11.9. The molecular formula is C19H16BrNO4. The van der Waals surface area contributed by atoms with Crippen LogP contribution in [0.25, 0.3) is 0 Å². The largest absolute Gasteiger partial charge is 0.480 e. The lowest BCUT2D eigenvalue weighted by Gasteiger charge is -2.16. The van der Waals surface area contributed by atoms with E-state index in [4.69, 9.17) is 5.11 Å². The number of amides is 1. The maximum absolute atomic E-state index is 12.1. The van der Waals surface area contributed by atoms with Gasteiger partial charge < -0.3 is 15.5 Å². The standard InChI is InChI=1S/C19H16BrNO4/c1-12(22)17(19(24)25)21-18(23)15-8-4-13(5-9-15)2-3-14-6-10-16(20)11-7-14/h4-12,17,22H,1H3,(H,21,23)(H,24,25)/t12-,17+/m1/s1. The molecule has 128 valence electrons. The molecule has 2 atom stereocenters. The van der Waals surface area contributed by atoms with Crippen molar-refractivity contribution >= 4 is 27.8 Å². The van der Waals surface area contributed by atoms with Crippen molar-refractivity contribution < 1.29 is 19.8 Å². The summed E-state index contributed by atoms with van der Waals surface area (Å²) in [5.74, 6) is 4.15. The van der Waals surface area contributed by atoms with Crippen LogP contribution in [0.3, 0.4) is 0 Å². The van der Waals surface area contributed by atoms with Crippen LogP contribution in [0.2, 0.25) is 0 Å². The smallest absolute Gasteiger partial charge is 0.328 e. The fourth-order valence-corrected chi connectivity index (χ4v) is 2.26. The first-order valence-electron chi connectivity index (χ1n) is 7.46. The Morgan fingerprint density at radius 1 is 1.00 bits per heavy atom. The van der Waals surface area contributed by atoms with Gasteiger partial charge in [-0.1, -0.05) is 27.8 Å². The summed E-state index contributed by atoms with van der Waals surface area (Å²) in [4.78, 5) is 23.1. The van der Waals surface area contributed by atoms with Crippen LogP contribution in [0, 0.1) is 11.8 Å². The van der Waals surface area contributed by atoms with Gasteiger partial charge in [0.15, 0.2) is 6.04 Å². The second-order valence-electron chi connectivity index (χ2n) is 5.36. The maximum Gasteiger partial charge on any atom is 0.328 e. The number of halogens is 1. The van der Waals surface area contributed by atoms with Crippen LogP contribution in [0.4, 0.5) is 0 Å². The molecule has 0 aliphatic heterocycles. The zero-order chi connectivity index (χ0) is 18.4. The topological polar surface area (TPSA) is 86.6 Å². The molecule has 0 aromatic heterocycles. The summed E-state index contributed by atoms with van der Waals surface area (Å²) in [7, 11) is 0. The quantitative estimate of drug-likeness (QED) is 0.686. The third kappa shape index (κ3) is 5.45. The molecule has 0 heterocycles. The third-order valence-electron chi connectivity index (χ3n) is 3.38. The Morgan fingerprint density at radius 3 is 1.92 bits per heavy atom. The highest BCUT2D eigenvalue weighted by Gasteiger charge is 2.25. The lowest BCUT2D eigenvalue weighted by molar-refractivity contribution is -0.141. The van der Waals surface area contributed by atoms with Gasteiger partial charge in [-0.25, -0.2) is 4.79 Å². The second-order valence-corrected chi connectivity index (χ2v) is 6.28. The molecule has 0 saturated heterocycles. The zero-order valence-electron chi connectivity index (χ0n) is 13.4. The van der Waals surface area contributed by atoms with Crippen LogP contribution in [-0.4, -0.2) is 34.2 Å². The highest BCUT2D eigenvalue weighted by atomic mass is 79.9. The molecule has 3 N–H and O–H groups in total. The van der Waals surface area contributed by atoms with Crippen molar-refractivity contribution in [2.24, 2.45) is 0 Å². The van der Waals surface area contributed by atoms with E-state index in [9.17, 15) is 14.7 Å². The van der Waals surface area contributed by atoms with E-state index in [1.54, 1.807) is 24.3 Å². The van der Waals surface area contributed by atoms with E-state index in [0.717, 1.165) is 15.6 Å². The summed E-state index contributed by atoms with van der Waals surface area (Å²) in [5, 5.41) is 20.7. The number of aliphatic carboxylic acids is 1. The Bertz CT molecular complexity index is 817. The monoisotopic (exact) mass is 401 g/mol. The number of aliphatic hydroxyl groups is 1. The average Bonchev–Trinajstić information content (AvgIpc) is 2.59. The molecule has 5 nitrogen and oxygen atoms in total. The lowest BCUT2D eigenvalue weighted by atomic mass is 10.1. The summed E-state index contributed by atoms with van der Waals surface area (Å²) in [6, 6.07) is 12.7. The second kappa shape index (κ2) is 8.47. The van der Waals surface area contributed by atoms with E-state index in [-0.39, 0.29) is 0 Å². The molecule has 2 rings (SSSR count). The van der Waals surface area contributed by atoms with Crippen LogP contribution in [-0.2, 0) is 4.79 Å². The van der Waals surface area contributed by atoms with Gasteiger partial charge in [0.2, 0.25) is 0 Å². The van der Waals surface area contributed by atoms with Gasteiger partial charge >= 0.3 is 5.97 Å². The minimum Gasteiger partial charge on any atom is -0.480 e. The first kappa shape index (κ1) is 18.7. The summed E-state index contributed by atoms with van der Waals surface area (Å²) < 4.78 is 0.977. The van der Waals surface area contributed by atoms with Gasteiger partial charge in [0, 0.05) is 21.2 Å². The molecule has 0 unspecified atom stereocenters. The number of carboxylic acid groups (broad SMARTS) is 1. The van der Waals surface area contributed by atoms with Crippen molar-refractivity contribution in [2.75, 3.05) is 0 Å². The SMILES string of the molecule is C[C@@H](O)[C@H](NC(=O)c1ccc(C#Cc2ccc(Br)cc2)cc1)C(=O)O. The van der Waals surface area contributed by atoms with E-state index in [1.165, 1.54) is 6.92 Å². The number of carboxylic acids is 1. The van der Waals surface area contributed by atoms with Gasteiger partial charge in [-0.3, -0.25) is 4.79 Å². The molecule has 0 fully saturated rings. The minimum absolute atomic E-state index is 0.293. The number of benzene rings is 2. The Labute approximate surface area is 153 Å². The minimum atomic E-state index is -1.36. The van der Waals surface area contributed by atoms with Crippen molar-refractivity contribution in [3.63, 3.8) is 0 Å². The van der Waals surface area contributed by atoms with Crippen LogP contribution in [0.5, 0.6) is 0 Å². The molecule has 1 amide bonds. The molecule has 0 spiro atoms. The van der Waals surface area contributed by atoms with E-state index >= 15 is 0 Å². The van der Waals surface area contributed by atoms with Crippen molar-refractivity contribution in [1.82, 2.24) is 5.32 Å². The Kier molecular flexibility index (Phi) is 6.34. The number of aliphatic hydroxyl groups excluding tert-OH is 1. The Balaban J connectivity index is 2.08. The number of carbonyl (C=O) groups excluding carboxylic acids is 1. The number of rotatable bonds is 4. The summed E-state index contributed by atoms with van der Waals surface area (Å²) >= 11 is 3.36. The Morgan fingerprint density at radius 2 is 1.48 bits per heavy atom. The van der Waals surface area contributed by atoms with E-state index < -0.39 is 24.0 Å². The molecule has 2 aromatic carbocycles. The van der Waals surface area contributed by atoms with Crippen LogP contribution < -0.4 is 5.32 Å². The fourth-order valence-electron chi connectivity index (χ4n) is 2.00. The maximum atomic E-state index is 12.1. The van der Waals surface area contributed by atoms with E-state index in [0.29, 0.717) is 5.56 Å². The summed E-state index contributed by atoms with van der Waals surface area (Å²) in [6.45, 7) is 1.31. The van der Waals surface area contributed by atoms with Crippen molar-refractivity contribution in [3.05, 3.63) is 69.7 Å². The predicted octanol–water partition coefficient (Wildman–Crippen LogP) is 2.41. The lowest BCUT2D eigenvalue weighted by Crippen LogP contribution is -2.47. The molecule has 0 radical (unpaired) electrons. The highest BCUT2D eigenvalue weighted by Crippen LogP contribution is 2.10. The molecule has 0 saturated carbocycles. The molecule has 25 heavy (non-hydrogen) atoms. The van der Waals surface area contributed by atoms with E-state index in [2.05, 4.69) is 33.1 Å². The molecule has 0 bridgehead atoms. The number of hydrogen-bond acceptors (Lipinski definition) is 3. The molecular weight excluding hydrogens is 386 g/mol. The first-order valence-corrected chi connectivity index (χ1v) is 8.25. The van der Waals surface area contributed by atoms with Crippen LogP contribution >= 0.6 is 15.9 Å². The Hall–Kier alpha value is -2.62. The average molecular weight is 402 g/mol. The zero-order valence-corrected chi connectivity index (χ0v) is 14.9. The van der Waals surface area contributed by atoms with Crippen molar-refractivity contribution in [3.8, 4) is 11.8 Å². The molecule has 0 aliphatic rings. The number of nitrogens with one attached hydrogen (secondary N) is 1. The van der Waals surface area contributed by atoms with Gasteiger partial charge in [0.05, 0.1) is 6.10 Å². The van der Waals surface area contributed by atoms with Crippen LogP contribution in [0.1, 0.15) is 28.4 Å². The molecule has 0 aliphatic carbocycles. The van der Waals surface area contributed by atoms with Gasteiger partial charge in [-0.15, -0.1) is 0 Å². The molecule has 6 heteroatoms. The van der Waals surface area contributed by atoms with Crippen molar-refractivity contribution in [2.45, 2.75) is 19.1 Å². The van der Waals surface area contributed by atoms with Gasteiger partial charge in [-0.05, 0) is 55.5 Å². The van der Waals surface area contributed by atoms with Crippen LogP contribution in [0.15, 0.2) is 53.0 Å². The fraction of sp³-hybridized carbons (Fsp3) is 0.158. The van der Waals surface area contributed by atoms with Gasteiger partial charge in [0.25, 0.3) is 5.91 Å². The summed E-state index contributed by atoms with van der Waals surface area (Å²) in [6.07, 6.45) is -1.20. The van der Waals surface area contributed by atoms with Gasteiger partial charge in [0.1, 0.15) is 0 Å².